The van der Waals surface area contributed by atoms with Crippen LogP contribution in [0.1, 0.15) is 39.0 Å². The van der Waals surface area contributed by atoms with Gasteiger partial charge in [0.25, 0.3) is 11.8 Å². The Morgan fingerprint density at radius 2 is 1.90 bits per heavy atom. The van der Waals surface area contributed by atoms with Gasteiger partial charge in [-0.1, -0.05) is 17.7 Å². The van der Waals surface area contributed by atoms with Crippen LogP contribution in [0.15, 0.2) is 42.5 Å². The first kappa shape index (κ1) is 19.6. The quantitative estimate of drug-likeness (QED) is 0.703. The number of aryl methyl sites for hydroxylation is 1. The molecule has 30 heavy (non-hydrogen) atoms. The van der Waals surface area contributed by atoms with Gasteiger partial charge in [-0.2, -0.15) is 5.10 Å². The van der Waals surface area contributed by atoms with Gasteiger partial charge in [0.2, 0.25) is 0 Å². The van der Waals surface area contributed by atoms with Crippen LogP contribution in [0.2, 0.25) is 0 Å². The van der Waals surface area contributed by atoms with Crippen LogP contribution in [0.5, 0.6) is 5.75 Å². The fraction of sp³-hybridized carbons (Fsp3) is 0.227. The first-order valence-electron chi connectivity index (χ1n) is 9.63. The van der Waals surface area contributed by atoms with Crippen molar-refractivity contribution >= 4 is 17.5 Å². The lowest BCUT2D eigenvalue weighted by atomic mass is 10.0. The highest BCUT2D eigenvalue weighted by molar-refractivity contribution is 6.09. The summed E-state index contributed by atoms with van der Waals surface area (Å²) in [5, 5.41) is 4.26. The van der Waals surface area contributed by atoms with Crippen molar-refractivity contribution in [2.45, 2.75) is 20.3 Å². The zero-order chi connectivity index (χ0) is 21.4. The van der Waals surface area contributed by atoms with Crippen molar-refractivity contribution in [1.82, 2.24) is 9.78 Å². The van der Waals surface area contributed by atoms with E-state index in [1.165, 1.54) is 16.8 Å². The van der Waals surface area contributed by atoms with Crippen LogP contribution in [0, 0.1) is 12.7 Å². The van der Waals surface area contributed by atoms with Gasteiger partial charge < -0.3 is 15.4 Å². The molecule has 0 bridgehead atoms. The molecule has 0 fully saturated rings. The van der Waals surface area contributed by atoms with E-state index < -0.39 is 11.7 Å². The molecule has 1 aliphatic rings. The average molecular weight is 408 g/mol. The van der Waals surface area contributed by atoms with Crippen molar-refractivity contribution in [3.63, 3.8) is 0 Å². The molecule has 2 N–H and O–H groups in total. The third kappa shape index (κ3) is 3.30. The Hall–Kier alpha value is -3.68. The predicted octanol–water partition coefficient (Wildman–Crippen LogP) is 3.02. The Bertz CT molecular complexity index is 1140. The van der Waals surface area contributed by atoms with E-state index in [1.54, 1.807) is 17.9 Å². The number of fused-ring (bicyclic) bond motifs is 1. The van der Waals surface area contributed by atoms with Crippen molar-refractivity contribution in [2.75, 3.05) is 18.1 Å². The number of halogens is 1. The predicted molar refractivity (Wildman–Crippen MR) is 110 cm³/mol. The number of primary amides is 1. The number of aromatic nitrogens is 2. The van der Waals surface area contributed by atoms with Gasteiger partial charge in [0.15, 0.2) is 17.3 Å². The maximum atomic E-state index is 14.4. The smallest absolute Gasteiger partial charge is 0.277 e. The van der Waals surface area contributed by atoms with Crippen molar-refractivity contribution < 1.29 is 18.7 Å². The van der Waals surface area contributed by atoms with Crippen LogP contribution in [0.3, 0.4) is 0 Å². The van der Waals surface area contributed by atoms with Crippen LogP contribution in [0.4, 0.5) is 10.1 Å². The normalized spacial score (nSPS) is 13.3. The minimum Gasteiger partial charge on any atom is -0.491 e. The fourth-order valence-electron chi connectivity index (χ4n) is 3.61. The summed E-state index contributed by atoms with van der Waals surface area (Å²) < 4.78 is 21.0. The number of hydrogen-bond acceptors (Lipinski definition) is 4. The molecule has 2 heterocycles. The Kier molecular flexibility index (Phi) is 4.99. The minimum atomic E-state index is -0.729. The first-order valence-corrected chi connectivity index (χ1v) is 9.63. The van der Waals surface area contributed by atoms with Gasteiger partial charge in [-0.3, -0.25) is 9.59 Å². The summed E-state index contributed by atoms with van der Waals surface area (Å²) in [4.78, 5) is 26.9. The number of anilines is 1. The number of carbonyl (C=O) groups is 2. The first-order chi connectivity index (χ1) is 14.4. The molecule has 0 saturated carbocycles. The Morgan fingerprint density at radius 3 is 2.53 bits per heavy atom. The summed E-state index contributed by atoms with van der Waals surface area (Å²) in [6, 6.07) is 11.9. The Labute approximate surface area is 172 Å². The number of nitrogens with two attached hydrogens (primary N) is 1. The van der Waals surface area contributed by atoms with Crippen molar-refractivity contribution in [3.8, 4) is 11.4 Å². The highest BCUT2D eigenvalue weighted by atomic mass is 19.1. The molecular weight excluding hydrogens is 387 g/mol. The molecule has 0 atom stereocenters. The largest absolute Gasteiger partial charge is 0.491 e. The van der Waals surface area contributed by atoms with Crippen molar-refractivity contribution in [2.24, 2.45) is 5.73 Å². The van der Waals surface area contributed by atoms with Gasteiger partial charge in [0.1, 0.15) is 5.69 Å². The van der Waals surface area contributed by atoms with Crippen LogP contribution in [-0.2, 0) is 6.42 Å². The van der Waals surface area contributed by atoms with Gasteiger partial charge in [-0.25, -0.2) is 9.07 Å². The van der Waals surface area contributed by atoms with Gasteiger partial charge in [-0.15, -0.1) is 0 Å². The number of amides is 2. The second-order valence-electron chi connectivity index (χ2n) is 7.04. The van der Waals surface area contributed by atoms with E-state index in [0.29, 0.717) is 30.8 Å². The molecular formula is C22H21FN4O3. The number of hydrogen-bond donors (Lipinski definition) is 1. The van der Waals surface area contributed by atoms with Crippen molar-refractivity contribution in [1.29, 1.82) is 0 Å². The number of nitrogens with zero attached hydrogens (tertiary/aromatic N) is 3. The van der Waals surface area contributed by atoms with E-state index in [2.05, 4.69) is 5.10 Å². The van der Waals surface area contributed by atoms with Gasteiger partial charge in [0.05, 0.1) is 12.3 Å². The summed E-state index contributed by atoms with van der Waals surface area (Å²) in [5.74, 6) is -1.54. The Balaban J connectivity index is 1.82. The molecule has 154 valence electrons. The molecule has 0 saturated heterocycles. The summed E-state index contributed by atoms with van der Waals surface area (Å²) in [5.41, 5.74) is 8.33. The lowest BCUT2D eigenvalue weighted by molar-refractivity contribution is 0.0972. The van der Waals surface area contributed by atoms with E-state index in [4.69, 9.17) is 10.5 Å². The molecule has 0 radical (unpaired) electrons. The van der Waals surface area contributed by atoms with Crippen LogP contribution < -0.4 is 15.4 Å². The van der Waals surface area contributed by atoms with E-state index in [0.717, 1.165) is 11.3 Å². The van der Waals surface area contributed by atoms with E-state index >= 15 is 0 Å². The lowest BCUT2D eigenvalue weighted by Gasteiger charge is -2.27. The summed E-state index contributed by atoms with van der Waals surface area (Å²) in [6.45, 7) is 4.44. The van der Waals surface area contributed by atoms with E-state index in [9.17, 15) is 14.0 Å². The lowest BCUT2D eigenvalue weighted by Crippen LogP contribution is -2.39. The van der Waals surface area contributed by atoms with Crippen LogP contribution >= 0.6 is 0 Å². The third-order valence-corrected chi connectivity index (χ3v) is 5.06. The molecule has 0 aliphatic carbocycles. The highest BCUT2D eigenvalue weighted by Crippen LogP contribution is 2.30. The second kappa shape index (κ2) is 7.62. The molecule has 2 aromatic carbocycles. The van der Waals surface area contributed by atoms with Gasteiger partial charge >= 0.3 is 0 Å². The van der Waals surface area contributed by atoms with E-state index in [-0.39, 0.29) is 23.0 Å². The third-order valence-electron chi connectivity index (χ3n) is 5.06. The van der Waals surface area contributed by atoms with Gasteiger partial charge in [0, 0.05) is 23.9 Å². The summed E-state index contributed by atoms with van der Waals surface area (Å²) in [6.07, 6.45) is 0.409. The van der Waals surface area contributed by atoms with Gasteiger partial charge in [-0.05, 0) is 44.5 Å². The van der Waals surface area contributed by atoms with E-state index in [1.807, 2.05) is 31.2 Å². The van der Waals surface area contributed by atoms with Crippen molar-refractivity contribution in [3.05, 3.63) is 70.8 Å². The number of benzene rings is 2. The second-order valence-corrected chi connectivity index (χ2v) is 7.04. The zero-order valence-corrected chi connectivity index (χ0v) is 16.7. The molecule has 0 spiro atoms. The molecule has 8 heteroatoms. The summed E-state index contributed by atoms with van der Waals surface area (Å²) in [7, 11) is 0. The maximum absolute atomic E-state index is 14.4. The number of ether oxygens (including phenoxy) is 1. The molecule has 3 aromatic rings. The topological polar surface area (TPSA) is 90.5 Å². The van der Waals surface area contributed by atoms with Crippen LogP contribution in [0.25, 0.3) is 5.69 Å². The molecule has 7 nitrogen and oxygen atoms in total. The average Bonchev–Trinajstić information content (AvgIpc) is 3.12. The highest BCUT2D eigenvalue weighted by Gasteiger charge is 2.34. The molecule has 4 rings (SSSR count). The fourth-order valence-corrected chi connectivity index (χ4v) is 3.61. The summed E-state index contributed by atoms with van der Waals surface area (Å²) >= 11 is 0. The van der Waals surface area contributed by atoms with Crippen LogP contribution in [-0.4, -0.2) is 34.7 Å². The Morgan fingerprint density at radius 1 is 1.20 bits per heavy atom. The standard InChI is InChI=1S/C22H21FN4O3/c1-3-30-18-9-8-15(12-17(18)23)27-20-16(19(25-27)21(24)28)10-11-26(22(20)29)14-6-4-13(2)5-7-14/h4-9,12H,3,10-11H2,1-2H3,(H2,24,28). The number of carbonyl (C=O) groups excluding carboxylic acids is 2. The zero-order valence-electron chi connectivity index (χ0n) is 16.7. The molecule has 0 unspecified atom stereocenters. The minimum absolute atomic E-state index is 0.0243. The molecule has 1 aliphatic heterocycles. The molecule has 1 aromatic heterocycles. The monoisotopic (exact) mass is 408 g/mol. The number of rotatable bonds is 5. The maximum Gasteiger partial charge on any atom is 0.277 e. The molecule has 2 amide bonds. The SMILES string of the molecule is CCOc1ccc(-n2nc(C(N)=O)c3c2C(=O)N(c2ccc(C)cc2)CC3)cc1F.